The van der Waals surface area contributed by atoms with Crippen molar-refractivity contribution in [2.45, 2.75) is 6.54 Å². The molecule has 6 heteroatoms. The van der Waals surface area contributed by atoms with Gasteiger partial charge in [-0.25, -0.2) is 0 Å². The van der Waals surface area contributed by atoms with E-state index in [1.165, 1.54) is 0 Å². The van der Waals surface area contributed by atoms with Gasteiger partial charge in [-0.05, 0) is 6.07 Å². The van der Waals surface area contributed by atoms with Crippen molar-refractivity contribution in [2.24, 2.45) is 0 Å². The Morgan fingerprint density at radius 1 is 1.12 bits per heavy atom. The summed E-state index contributed by atoms with van der Waals surface area (Å²) >= 11 is 0. The largest absolute Gasteiger partial charge is 0.395 e. The Kier molecular flexibility index (Phi) is 4.36. The first kappa shape index (κ1) is 12.3. The van der Waals surface area contributed by atoms with Crippen LogP contribution in [0.25, 0.3) is 0 Å². The Bertz CT molecular complexity index is 332. The van der Waals surface area contributed by atoms with Gasteiger partial charge in [-0.15, -0.1) is 0 Å². The summed E-state index contributed by atoms with van der Waals surface area (Å²) in [6.45, 7) is 7.17. The van der Waals surface area contributed by atoms with Crippen molar-refractivity contribution in [3.05, 3.63) is 12.3 Å². The summed E-state index contributed by atoms with van der Waals surface area (Å²) in [6.07, 6.45) is 1.91. The van der Waals surface area contributed by atoms with Crippen LogP contribution < -0.4 is 5.73 Å². The number of hydrogen-bond donors (Lipinski definition) is 2. The van der Waals surface area contributed by atoms with Crippen LogP contribution in [0, 0.1) is 0 Å². The first-order valence-electron chi connectivity index (χ1n) is 6.12. The molecule has 0 saturated carbocycles. The summed E-state index contributed by atoms with van der Waals surface area (Å²) < 4.78 is 1.88. The number of β-amino-alcohol motifs (C(OH)–C–C–N with tert-alkyl or cyclic N) is 1. The van der Waals surface area contributed by atoms with Crippen molar-refractivity contribution >= 4 is 5.82 Å². The number of aromatic nitrogens is 2. The van der Waals surface area contributed by atoms with E-state index in [-0.39, 0.29) is 6.61 Å². The number of aliphatic hydroxyl groups is 1. The van der Waals surface area contributed by atoms with Crippen molar-refractivity contribution in [1.29, 1.82) is 0 Å². The summed E-state index contributed by atoms with van der Waals surface area (Å²) in [6, 6.07) is 1.82. The lowest BCUT2D eigenvalue weighted by molar-refractivity contribution is 0.109. The van der Waals surface area contributed by atoms with E-state index in [0.29, 0.717) is 5.82 Å². The van der Waals surface area contributed by atoms with Gasteiger partial charge in [-0.3, -0.25) is 14.5 Å². The topological polar surface area (TPSA) is 70.5 Å². The van der Waals surface area contributed by atoms with E-state index in [1.54, 1.807) is 0 Å². The van der Waals surface area contributed by atoms with Gasteiger partial charge >= 0.3 is 0 Å². The third-order valence-corrected chi connectivity index (χ3v) is 3.19. The van der Waals surface area contributed by atoms with Gasteiger partial charge in [-0.1, -0.05) is 0 Å². The Hall–Kier alpha value is -1.11. The highest BCUT2D eigenvalue weighted by atomic mass is 16.3. The molecule has 17 heavy (non-hydrogen) atoms. The third kappa shape index (κ3) is 3.69. The van der Waals surface area contributed by atoms with Crippen LogP contribution in [0.4, 0.5) is 5.82 Å². The molecule has 2 rings (SSSR count). The second-order valence-electron chi connectivity index (χ2n) is 4.41. The van der Waals surface area contributed by atoms with Crippen molar-refractivity contribution < 1.29 is 5.11 Å². The fourth-order valence-electron chi connectivity index (χ4n) is 2.12. The van der Waals surface area contributed by atoms with Crippen molar-refractivity contribution in [3.8, 4) is 0 Å². The van der Waals surface area contributed by atoms with Crippen LogP contribution in [-0.4, -0.2) is 70.6 Å². The van der Waals surface area contributed by atoms with Crippen LogP contribution in [0.3, 0.4) is 0 Å². The highest BCUT2D eigenvalue weighted by Crippen LogP contribution is 2.02. The Morgan fingerprint density at radius 2 is 1.76 bits per heavy atom. The van der Waals surface area contributed by atoms with E-state index in [4.69, 9.17) is 10.8 Å². The fourth-order valence-corrected chi connectivity index (χ4v) is 2.12. The minimum atomic E-state index is 0.257. The van der Waals surface area contributed by atoms with E-state index in [1.807, 2.05) is 16.9 Å². The highest BCUT2D eigenvalue weighted by Gasteiger charge is 2.15. The molecule has 1 aliphatic heterocycles. The molecule has 1 aromatic rings. The Morgan fingerprint density at radius 3 is 2.29 bits per heavy atom. The molecule has 0 spiro atoms. The van der Waals surface area contributed by atoms with Crippen molar-refractivity contribution in [1.82, 2.24) is 19.6 Å². The first-order valence-corrected chi connectivity index (χ1v) is 6.12. The van der Waals surface area contributed by atoms with Crippen LogP contribution >= 0.6 is 0 Å². The van der Waals surface area contributed by atoms with Gasteiger partial charge in [0.15, 0.2) is 0 Å². The molecule has 1 saturated heterocycles. The number of nitrogens with zero attached hydrogens (tertiary/aromatic N) is 4. The minimum Gasteiger partial charge on any atom is -0.395 e. The van der Waals surface area contributed by atoms with Gasteiger partial charge in [0, 0.05) is 45.5 Å². The second-order valence-corrected chi connectivity index (χ2v) is 4.41. The van der Waals surface area contributed by atoms with Gasteiger partial charge in [0.25, 0.3) is 0 Å². The SMILES string of the molecule is Nc1ccn(CCN2CCN(CCO)CC2)n1. The number of hydrogen-bond acceptors (Lipinski definition) is 5. The molecule has 96 valence electrons. The normalized spacial score (nSPS) is 18.6. The summed E-state index contributed by atoms with van der Waals surface area (Å²) in [5, 5.41) is 13.0. The average molecular weight is 239 g/mol. The molecule has 0 aliphatic carbocycles. The van der Waals surface area contributed by atoms with Gasteiger partial charge in [-0.2, -0.15) is 5.10 Å². The minimum absolute atomic E-state index is 0.257. The Balaban J connectivity index is 1.68. The van der Waals surface area contributed by atoms with Crippen LogP contribution in [0.1, 0.15) is 0 Å². The van der Waals surface area contributed by atoms with Crippen LogP contribution in [0.2, 0.25) is 0 Å². The van der Waals surface area contributed by atoms with Crippen LogP contribution in [0.5, 0.6) is 0 Å². The third-order valence-electron chi connectivity index (χ3n) is 3.19. The quantitative estimate of drug-likeness (QED) is 0.695. The van der Waals surface area contributed by atoms with Crippen molar-refractivity contribution in [3.63, 3.8) is 0 Å². The zero-order valence-electron chi connectivity index (χ0n) is 10.1. The summed E-state index contributed by atoms with van der Waals surface area (Å²) in [5.74, 6) is 0.581. The number of rotatable bonds is 5. The van der Waals surface area contributed by atoms with E-state index >= 15 is 0 Å². The maximum atomic E-state index is 8.86. The standard InChI is InChI=1S/C11H21N5O/c12-11-1-2-16(13-11)8-7-14-3-5-15(6-4-14)9-10-17/h1-2,17H,3-10H2,(H2,12,13). The maximum Gasteiger partial charge on any atom is 0.145 e. The Labute approximate surface area is 102 Å². The molecule has 1 fully saturated rings. The van der Waals surface area contributed by atoms with E-state index in [2.05, 4.69) is 14.9 Å². The molecule has 6 nitrogen and oxygen atoms in total. The maximum absolute atomic E-state index is 8.86. The summed E-state index contributed by atoms with van der Waals surface area (Å²) in [7, 11) is 0. The summed E-state index contributed by atoms with van der Waals surface area (Å²) in [4.78, 5) is 4.72. The van der Waals surface area contributed by atoms with E-state index in [0.717, 1.165) is 45.8 Å². The molecule has 1 aromatic heterocycles. The molecule has 0 bridgehead atoms. The van der Waals surface area contributed by atoms with Gasteiger partial charge in [0.2, 0.25) is 0 Å². The number of nitrogens with two attached hydrogens (primary N) is 1. The molecule has 2 heterocycles. The molecule has 0 unspecified atom stereocenters. The molecule has 3 N–H and O–H groups in total. The molecular weight excluding hydrogens is 218 g/mol. The predicted octanol–water partition coefficient (Wildman–Crippen LogP) is -0.925. The number of piperazine rings is 1. The van der Waals surface area contributed by atoms with Gasteiger partial charge in [0.05, 0.1) is 13.2 Å². The van der Waals surface area contributed by atoms with E-state index in [9.17, 15) is 0 Å². The van der Waals surface area contributed by atoms with Crippen LogP contribution in [0.15, 0.2) is 12.3 Å². The number of aliphatic hydroxyl groups excluding tert-OH is 1. The van der Waals surface area contributed by atoms with Gasteiger partial charge < -0.3 is 10.8 Å². The zero-order chi connectivity index (χ0) is 12.1. The average Bonchev–Trinajstić information content (AvgIpc) is 2.75. The fraction of sp³-hybridized carbons (Fsp3) is 0.727. The zero-order valence-corrected chi connectivity index (χ0v) is 10.1. The molecule has 0 aromatic carbocycles. The second kappa shape index (κ2) is 6.00. The monoisotopic (exact) mass is 239 g/mol. The predicted molar refractivity (Wildman–Crippen MR) is 66.6 cm³/mol. The lowest BCUT2D eigenvalue weighted by atomic mass is 10.3. The lowest BCUT2D eigenvalue weighted by Crippen LogP contribution is -2.47. The van der Waals surface area contributed by atoms with Gasteiger partial charge in [0.1, 0.15) is 5.82 Å². The van der Waals surface area contributed by atoms with E-state index < -0.39 is 0 Å². The highest BCUT2D eigenvalue weighted by molar-refractivity contribution is 5.23. The molecule has 0 atom stereocenters. The summed E-state index contributed by atoms with van der Waals surface area (Å²) in [5.41, 5.74) is 5.56. The van der Waals surface area contributed by atoms with Crippen LogP contribution in [-0.2, 0) is 6.54 Å². The molecule has 0 radical (unpaired) electrons. The lowest BCUT2D eigenvalue weighted by Gasteiger charge is -2.34. The molecule has 1 aliphatic rings. The molecular formula is C11H21N5O. The molecule has 0 amide bonds. The smallest absolute Gasteiger partial charge is 0.145 e. The number of anilines is 1. The van der Waals surface area contributed by atoms with Crippen molar-refractivity contribution in [2.75, 3.05) is 51.6 Å². The first-order chi connectivity index (χ1) is 8.28. The number of nitrogen functional groups attached to an aromatic ring is 1.